The van der Waals surface area contributed by atoms with Gasteiger partial charge >= 0.3 is 6.09 Å². The zero-order valence-corrected chi connectivity index (χ0v) is 23.8. The van der Waals surface area contributed by atoms with Crippen molar-refractivity contribution in [1.29, 1.82) is 0 Å². The van der Waals surface area contributed by atoms with Crippen LogP contribution in [-0.4, -0.2) is 65.9 Å². The Morgan fingerprint density at radius 1 is 1.21 bits per heavy atom. The fourth-order valence-electron chi connectivity index (χ4n) is 4.89. The van der Waals surface area contributed by atoms with Gasteiger partial charge in [-0.15, -0.1) is 11.3 Å². The second-order valence-corrected chi connectivity index (χ2v) is 12.1. The highest BCUT2D eigenvalue weighted by Crippen LogP contribution is 2.42. The highest BCUT2D eigenvalue weighted by Gasteiger charge is 2.30. The molecule has 39 heavy (non-hydrogen) atoms. The number of amides is 2. The smallest absolute Gasteiger partial charge is 0.407 e. The first-order valence-electron chi connectivity index (χ1n) is 13.1. The molecule has 3 heterocycles. The summed E-state index contributed by atoms with van der Waals surface area (Å²) in [6.45, 7) is 6.63. The average Bonchev–Trinajstić information content (AvgIpc) is 3.48. The number of aliphatic imine (C=N–C) groups is 1. The Morgan fingerprint density at radius 3 is 2.79 bits per heavy atom. The summed E-state index contributed by atoms with van der Waals surface area (Å²) in [5, 5.41) is 7.22. The number of nitrogens with zero attached hydrogens (tertiary/aromatic N) is 4. The lowest BCUT2D eigenvalue weighted by atomic mass is 9.87. The molecule has 0 radical (unpaired) electrons. The van der Waals surface area contributed by atoms with Crippen LogP contribution in [0.3, 0.4) is 0 Å². The Hall–Kier alpha value is -3.73. The predicted octanol–water partition coefficient (Wildman–Crippen LogP) is 4.46. The number of carbonyl (C=O) groups is 2. The molecule has 1 aliphatic carbocycles. The van der Waals surface area contributed by atoms with Gasteiger partial charge in [0.05, 0.1) is 24.2 Å². The quantitative estimate of drug-likeness (QED) is 0.417. The fraction of sp³-hybridized carbons (Fsp3) is 0.464. The highest BCUT2D eigenvalue weighted by molar-refractivity contribution is 7.19. The van der Waals surface area contributed by atoms with Gasteiger partial charge in [-0.1, -0.05) is 0 Å². The Balaban J connectivity index is 1.37. The van der Waals surface area contributed by atoms with Crippen LogP contribution >= 0.6 is 11.3 Å². The number of aromatic nitrogens is 2. The Bertz CT molecular complexity index is 1440. The van der Waals surface area contributed by atoms with E-state index < -0.39 is 11.7 Å². The van der Waals surface area contributed by atoms with Crippen LogP contribution in [-0.2, 0) is 28.9 Å². The summed E-state index contributed by atoms with van der Waals surface area (Å²) in [4.78, 5) is 41.9. The van der Waals surface area contributed by atoms with Crippen LogP contribution in [0.4, 0.5) is 16.3 Å². The molecule has 11 heteroatoms. The molecular weight excluding hydrogens is 516 g/mol. The molecule has 0 bridgehead atoms. The lowest BCUT2D eigenvalue weighted by molar-refractivity contribution is -0.133. The van der Waals surface area contributed by atoms with Gasteiger partial charge in [-0.05, 0) is 68.9 Å². The van der Waals surface area contributed by atoms with Gasteiger partial charge in [0.1, 0.15) is 34.9 Å². The molecule has 3 aromatic rings. The molecule has 2 aromatic heterocycles. The van der Waals surface area contributed by atoms with E-state index in [9.17, 15) is 9.59 Å². The van der Waals surface area contributed by atoms with Crippen LogP contribution in [0.5, 0.6) is 5.75 Å². The van der Waals surface area contributed by atoms with E-state index in [1.807, 2.05) is 53.2 Å². The van der Waals surface area contributed by atoms with Gasteiger partial charge in [-0.2, -0.15) is 0 Å². The normalized spacial score (nSPS) is 16.0. The van der Waals surface area contributed by atoms with Gasteiger partial charge in [-0.25, -0.2) is 14.8 Å². The largest absolute Gasteiger partial charge is 0.490 e. The molecular formula is C28H34N6O4S. The van der Waals surface area contributed by atoms with Crippen molar-refractivity contribution >= 4 is 51.3 Å². The summed E-state index contributed by atoms with van der Waals surface area (Å²) in [5.74, 6) is 1.53. The van der Waals surface area contributed by atoms with Crippen molar-refractivity contribution in [2.75, 3.05) is 32.6 Å². The number of anilines is 2. The van der Waals surface area contributed by atoms with Crippen molar-refractivity contribution in [2.45, 2.75) is 52.2 Å². The number of rotatable bonds is 7. The van der Waals surface area contributed by atoms with Gasteiger partial charge in [0, 0.05) is 31.1 Å². The second kappa shape index (κ2) is 10.8. The van der Waals surface area contributed by atoms with E-state index in [0.717, 1.165) is 46.3 Å². The van der Waals surface area contributed by atoms with E-state index in [-0.39, 0.29) is 18.4 Å². The summed E-state index contributed by atoms with van der Waals surface area (Å²) in [6, 6.07) is 4.00. The number of thiophene rings is 1. The van der Waals surface area contributed by atoms with Crippen molar-refractivity contribution < 1.29 is 19.1 Å². The SMILES string of the molecule is CN(C)C(=O)[C@H]1CCc2c(sc3ncnc(Nc4cc5c(cc4OCCNC(=O)OC(C)(C)C)CN=C5)c23)C1. The summed E-state index contributed by atoms with van der Waals surface area (Å²) in [5.41, 5.74) is 3.52. The van der Waals surface area contributed by atoms with E-state index in [4.69, 9.17) is 9.47 Å². The maximum Gasteiger partial charge on any atom is 0.407 e. The van der Waals surface area contributed by atoms with Crippen LogP contribution < -0.4 is 15.4 Å². The van der Waals surface area contributed by atoms with Crippen LogP contribution in [0.2, 0.25) is 0 Å². The van der Waals surface area contributed by atoms with Gasteiger partial charge in [0.2, 0.25) is 5.91 Å². The highest BCUT2D eigenvalue weighted by atomic mass is 32.1. The molecule has 2 aliphatic rings. The van der Waals surface area contributed by atoms with Crippen LogP contribution in [0.25, 0.3) is 10.2 Å². The van der Waals surface area contributed by atoms with Crippen molar-refractivity contribution in [3.05, 3.63) is 40.0 Å². The molecule has 0 saturated carbocycles. The number of ether oxygens (including phenoxy) is 2. The molecule has 0 spiro atoms. The molecule has 2 N–H and O–H groups in total. The first-order valence-corrected chi connectivity index (χ1v) is 13.9. The zero-order chi connectivity index (χ0) is 27.7. The van der Waals surface area contributed by atoms with Crippen molar-refractivity contribution in [2.24, 2.45) is 10.9 Å². The summed E-state index contributed by atoms with van der Waals surface area (Å²) < 4.78 is 11.4. The Kier molecular flexibility index (Phi) is 7.44. The van der Waals surface area contributed by atoms with E-state index in [2.05, 4.69) is 25.6 Å². The first kappa shape index (κ1) is 26.9. The summed E-state index contributed by atoms with van der Waals surface area (Å²) >= 11 is 1.64. The van der Waals surface area contributed by atoms with E-state index in [0.29, 0.717) is 24.7 Å². The molecule has 0 unspecified atom stereocenters. The molecule has 1 atom stereocenters. The molecule has 10 nitrogen and oxygen atoms in total. The third kappa shape index (κ3) is 5.98. The van der Waals surface area contributed by atoms with E-state index >= 15 is 0 Å². The van der Waals surface area contributed by atoms with E-state index in [1.54, 1.807) is 22.6 Å². The number of aryl methyl sites for hydroxylation is 1. The number of hydrogen-bond acceptors (Lipinski definition) is 9. The molecule has 1 aromatic carbocycles. The molecule has 0 fully saturated rings. The second-order valence-electron chi connectivity index (χ2n) is 11.0. The maximum atomic E-state index is 12.6. The lowest BCUT2D eigenvalue weighted by Crippen LogP contribution is -2.34. The maximum absolute atomic E-state index is 12.6. The lowest BCUT2D eigenvalue weighted by Gasteiger charge is -2.24. The third-order valence-electron chi connectivity index (χ3n) is 6.65. The monoisotopic (exact) mass is 550 g/mol. The molecule has 0 saturated heterocycles. The van der Waals surface area contributed by atoms with Gasteiger partial charge in [0.15, 0.2) is 0 Å². The minimum Gasteiger partial charge on any atom is -0.490 e. The minimum absolute atomic E-state index is 0.00443. The van der Waals surface area contributed by atoms with Crippen molar-refractivity contribution in [1.82, 2.24) is 20.2 Å². The molecule has 206 valence electrons. The van der Waals surface area contributed by atoms with Crippen LogP contribution in [0, 0.1) is 5.92 Å². The molecule has 5 rings (SSSR count). The number of carbonyl (C=O) groups excluding carboxylic acids is 2. The number of alkyl carbamates (subject to hydrolysis) is 1. The Labute approximate surface area is 231 Å². The average molecular weight is 551 g/mol. The molecule has 2 amide bonds. The molecule has 1 aliphatic heterocycles. The Morgan fingerprint density at radius 2 is 2.03 bits per heavy atom. The van der Waals surface area contributed by atoms with E-state index in [1.165, 1.54) is 10.4 Å². The van der Waals surface area contributed by atoms with Crippen molar-refractivity contribution in [3.63, 3.8) is 0 Å². The van der Waals surface area contributed by atoms with Crippen LogP contribution in [0.1, 0.15) is 48.8 Å². The number of hydrogen-bond donors (Lipinski definition) is 2. The fourth-order valence-corrected chi connectivity index (χ4v) is 6.16. The number of nitrogens with one attached hydrogen (secondary N) is 2. The minimum atomic E-state index is -0.561. The zero-order valence-electron chi connectivity index (χ0n) is 23.0. The van der Waals surface area contributed by atoms with Gasteiger partial charge in [0.25, 0.3) is 0 Å². The summed E-state index contributed by atoms with van der Waals surface area (Å²) in [6.07, 6.45) is 5.28. The third-order valence-corrected chi connectivity index (χ3v) is 7.81. The van der Waals surface area contributed by atoms with Crippen molar-refractivity contribution in [3.8, 4) is 5.75 Å². The standard InChI is InChI=1S/C28H34N6O4S/c1-28(2,3)38-27(36)30-8-9-37-21-11-18-14-29-13-17(18)10-20(21)33-24-23-19-7-6-16(26(35)34(4)5)12-22(19)39-25(23)32-15-31-24/h10-11,13,15-16H,6-9,12,14H2,1-5H3,(H,30,36)(H,31,32,33)/t16-/m0/s1. The topological polar surface area (TPSA) is 118 Å². The van der Waals surface area contributed by atoms with Gasteiger partial charge in [-0.3, -0.25) is 9.79 Å². The number of fused-ring (bicyclic) bond motifs is 4. The predicted molar refractivity (Wildman–Crippen MR) is 152 cm³/mol. The first-order chi connectivity index (χ1) is 18.6. The summed E-state index contributed by atoms with van der Waals surface area (Å²) in [7, 11) is 3.62. The number of benzene rings is 1. The van der Waals surface area contributed by atoms with Crippen LogP contribution in [0.15, 0.2) is 23.5 Å². The van der Waals surface area contributed by atoms with Gasteiger partial charge < -0.3 is 25.0 Å².